The highest BCUT2D eigenvalue weighted by Crippen LogP contribution is 2.49. The van der Waals surface area contributed by atoms with Crippen LogP contribution in [-0.2, 0) is 44.1 Å². The molecule has 0 radical (unpaired) electrons. The molecule has 5 atom stereocenters. The Morgan fingerprint density at radius 2 is 1.27 bits per heavy atom. The Kier molecular flexibility index (Phi) is 21.2. The first kappa shape index (κ1) is 49.6. The van der Waals surface area contributed by atoms with Gasteiger partial charge in [0.25, 0.3) is 0 Å². The van der Waals surface area contributed by atoms with Gasteiger partial charge in [0.2, 0.25) is 0 Å². The summed E-state index contributed by atoms with van der Waals surface area (Å²) in [7, 11) is 6.56. The smallest absolute Gasteiger partial charge is 0.382 e. The Hall–Kier alpha value is -2.02. The maximum absolute atomic E-state index is 13.6. The number of nitrogens with zero attached hydrogens (tertiary/aromatic N) is 3. The minimum Gasteiger partial charge on any atom is -0.382 e. The van der Waals surface area contributed by atoms with Crippen molar-refractivity contribution >= 4 is 23.1 Å². The summed E-state index contributed by atoms with van der Waals surface area (Å²) < 4.78 is 86.6. The highest BCUT2D eigenvalue weighted by Gasteiger charge is 2.33. The fraction of sp³-hybridized carbons (Fsp3) is 0.727. The molecule has 15 heteroatoms. The van der Waals surface area contributed by atoms with Crippen molar-refractivity contribution in [3.05, 3.63) is 48.0 Å². The molecule has 11 nitrogen and oxygen atoms in total. The number of hydrogen-bond acceptors (Lipinski definition) is 12. The quantitative estimate of drug-likeness (QED) is 0.0844. The van der Waals surface area contributed by atoms with E-state index in [4.69, 9.17) is 37.9 Å². The number of piperazine rings is 1. The van der Waals surface area contributed by atoms with E-state index in [0.717, 1.165) is 74.0 Å². The van der Waals surface area contributed by atoms with E-state index in [0.29, 0.717) is 64.4 Å². The Labute approximate surface area is 355 Å². The Balaban J connectivity index is 1.08. The van der Waals surface area contributed by atoms with Gasteiger partial charge in [-0.2, -0.15) is 13.2 Å². The third-order valence-corrected chi connectivity index (χ3v) is 12.4. The molecule has 4 rings (SSSR count). The highest BCUT2D eigenvalue weighted by atomic mass is 32.2. The van der Waals surface area contributed by atoms with Crippen LogP contribution in [0.4, 0.5) is 24.5 Å². The summed E-state index contributed by atoms with van der Waals surface area (Å²) in [4.78, 5) is 9.01. The molecule has 0 aromatic heterocycles. The lowest BCUT2D eigenvalue weighted by Gasteiger charge is -2.37. The molecule has 0 amide bonds. The summed E-state index contributed by atoms with van der Waals surface area (Å²) in [5.41, 5.74) is 0.619. The van der Waals surface area contributed by atoms with Crippen LogP contribution in [0.2, 0.25) is 0 Å². The maximum Gasteiger partial charge on any atom is 0.416 e. The summed E-state index contributed by atoms with van der Waals surface area (Å²) in [5, 5.41) is 0. The van der Waals surface area contributed by atoms with Gasteiger partial charge in [0.15, 0.2) is 0 Å². The first-order chi connectivity index (χ1) is 28.3. The molecule has 59 heavy (non-hydrogen) atoms. The Morgan fingerprint density at radius 3 is 1.88 bits per heavy atom. The van der Waals surface area contributed by atoms with Crippen molar-refractivity contribution in [1.29, 1.82) is 0 Å². The van der Waals surface area contributed by atoms with E-state index in [2.05, 4.69) is 42.4 Å². The molecule has 1 fully saturated rings. The zero-order valence-electron chi connectivity index (χ0n) is 36.6. The molecular formula is C44H70F3N3O8S. The molecule has 2 aromatic carbocycles. The molecule has 0 bridgehead atoms. The topological polar surface area (TPSA) is 83.6 Å². The molecule has 2 aliphatic heterocycles. The number of hydrogen-bond donors (Lipinski definition) is 0. The molecular weight excluding hydrogens is 788 g/mol. The number of halogens is 3. The van der Waals surface area contributed by atoms with Crippen LogP contribution in [0.15, 0.2) is 52.3 Å². The maximum atomic E-state index is 13.6. The molecule has 0 saturated carbocycles. The number of methoxy groups -OCH3 is 4. The summed E-state index contributed by atoms with van der Waals surface area (Å²) >= 11 is 1.53. The summed E-state index contributed by atoms with van der Waals surface area (Å²) in [6.45, 7) is 18.2. The van der Waals surface area contributed by atoms with Crippen LogP contribution in [-0.4, -0.2) is 160 Å². The van der Waals surface area contributed by atoms with Crippen LogP contribution >= 0.6 is 11.8 Å². The second kappa shape index (κ2) is 25.2. The second-order valence-electron chi connectivity index (χ2n) is 16.2. The second-order valence-corrected chi connectivity index (χ2v) is 17.3. The van der Waals surface area contributed by atoms with E-state index < -0.39 is 11.7 Å². The van der Waals surface area contributed by atoms with Gasteiger partial charge in [-0.1, -0.05) is 30.8 Å². The molecule has 0 spiro atoms. The molecule has 2 aliphatic rings. The Morgan fingerprint density at radius 1 is 0.695 bits per heavy atom. The van der Waals surface area contributed by atoms with E-state index in [1.54, 1.807) is 34.5 Å². The zero-order valence-corrected chi connectivity index (χ0v) is 37.4. The predicted octanol–water partition coefficient (Wildman–Crippen LogP) is 7.66. The number of benzene rings is 2. The normalized spacial score (nSPS) is 18.0. The molecule has 2 heterocycles. The predicted molar refractivity (Wildman–Crippen MR) is 226 cm³/mol. The SMILES string of the molecule is COCC(COCC(COCC(COC(C)(C)CCOC(C)C(C)CCN1CCN(CCCN2c3ccccc3Sc3ccc(C(F)(F)F)cc32)CC1)OC)OC)OC. The largest absolute Gasteiger partial charge is 0.416 e. The summed E-state index contributed by atoms with van der Waals surface area (Å²) in [6.07, 6.45) is -2.14. The van der Waals surface area contributed by atoms with Gasteiger partial charge in [-0.15, -0.1) is 0 Å². The number of anilines is 2. The summed E-state index contributed by atoms with van der Waals surface area (Å²) in [5.74, 6) is 0.409. The van der Waals surface area contributed by atoms with Crippen LogP contribution in [0, 0.1) is 5.92 Å². The summed E-state index contributed by atoms with van der Waals surface area (Å²) in [6, 6.07) is 12.1. The standard InChI is InChI=1S/C44H70F3N3O8S/c1-33(34(2)57-25-17-43(3,4)58-32-38(54-8)31-56-30-37(53-7)29-55-28-36(52-6)27-51-5)16-20-49-23-21-48(22-24-49)18-11-19-50-39-12-9-10-13-41(39)59-42-15-14-35(26-40(42)50)44(45,46)47/h9-10,12-15,26,33-34,36-38H,11,16-25,27-32H2,1-8H3. The van der Waals surface area contributed by atoms with Gasteiger partial charge in [-0.05, 0) is 89.4 Å². The molecule has 1 saturated heterocycles. The van der Waals surface area contributed by atoms with Crippen LogP contribution < -0.4 is 4.90 Å². The van der Waals surface area contributed by atoms with Crippen molar-refractivity contribution < 1.29 is 51.1 Å². The lowest BCUT2D eigenvalue weighted by Crippen LogP contribution is -2.47. The van der Waals surface area contributed by atoms with E-state index in [-0.39, 0.29) is 30.0 Å². The third kappa shape index (κ3) is 16.6. The Bertz CT molecular complexity index is 1490. The van der Waals surface area contributed by atoms with Gasteiger partial charge < -0.3 is 52.6 Å². The number of rotatable bonds is 28. The van der Waals surface area contributed by atoms with Crippen molar-refractivity contribution in [3.8, 4) is 0 Å². The van der Waals surface area contributed by atoms with E-state index in [1.807, 2.05) is 24.3 Å². The van der Waals surface area contributed by atoms with E-state index in [1.165, 1.54) is 23.9 Å². The van der Waals surface area contributed by atoms with Gasteiger partial charge in [-0.25, -0.2) is 0 Å². The van der Waals surface area contributed by atoms with Gasteiger partial charge >= 0.3 is 6.18 Å². The van der Waals surface area contributed by atoms with Crippen LogP contribution in [0.3, 0.4) is 0 Å². The number of para-hydroxylation sites is 1. The minimum atomic E-state index is -4.38. The van der Waals surface area contributed by atoms with Gasteiger partial charge in [0, 0.05) is 77.6 Å². The number of fused-ring (bicyclic) bond motifs is 2. The fourth-order valence-corrected chi connectivity index (χ4v) is 8.08. The van der Waals surface area contributed by atoms with Gasteiger partial charge in [-0.3, -0.25) is 0 Å². The first-order valence-corrected chi connectivity index (χ1v) is 21.8. The number of alkyl halides is 3. The average Bonchev–Trinajstić information content (AvgIpc) is 3.22. The highest BCUT2D eigenvalue weighted by molar-refractivity contribution is 7.99. The van der Waals surface area contributed by atoms with Gasteiger partial charge in [0.1, 0.15) is 18.3 Å². The van der Waals surface area contributed by atoms with Crippen LogP contribution in [0.25, 0.3) is 0 Å². The monoisotopic (exact) mass is 857 g/mol. The molecule has 0 N–H and O–H groups in total. The lowest BCUT2D eigenvalue weighted by molar-refractivity contribution is -0.137. The fourth-order valence-electron chi connectivity index (χ4n) is 7.00. The third-order valence-electron chi connectivity index (χ3n) is 11.3. The zero-order chi connectivity index (χ0) is 42.8. The van der Waals surface area contributed by atoms with Crippen molar-refractivity contribution in [2.24, 2.45) is 5.92 Å². The van der Waals surface area contributed by atoms with Crippen LogP contribution in [0.1, 0.15) is 52.5 Å². The molecule has 5 unspecified atom stereocenters. The van der Waals surface area contributed by atoms with Crippen molar-refractivity contribution in [1.82, 2.24) is 9.80 Å². The van der Waals surface area contributed by atoms with Crippen molar-refractivity contribution in [2.75, 3.05) is 125 Å². The molecule has 336 valence electrons. The van der Waals surface area contributed by atoms with E-state index in [9.17, 15) is 13.2 Å². The average molecular weight is 858 g/mol. The lowest BCUT2D eigenvalue weighted by atomic mass is 10.0. The first-order valence-electron chi connectivity index (χ1n) is 21.0. The van der Waals surface area contributed by atoms with Crippen molar-refractivity contribution in [2.45, 2.75) is 92.9 Å². The minimum absolute atomic E-state index is 0.126. The molecule has 0 aliphatic carbocycles. The van der Waals surface area contributed by atoms with Crippen LogP contribution in [0.5, 0.6) is 0 Å². The van der Waals surface area contributed by atoms with Gasteiger partial charge in [0.05, 0.1) is 68.3 Å². The van der Waals surface area contributed by atoms with E-state index >= 15 is 0 Å². The number of ether oxygens (including phenoxy) is 8. The molecule has 2 aromatic rings. The van der Waals surface area contributed by atoms with Crippen molar-refractivity contribution in [3.63, 3.8) is 0 Å².